The van der Waals surface area contributed by atoms with Crippen LogP contribution in [0.15, 0.2) is 30.3 Å². The Morgan fingerprint density at radius 1 is 1.37 bits per heavy atom. The molecule has 0 heterocycles. The zero-order valence-corrected chi connectivity index (χ0v) is 12.3. The monoisotopic (exact) mass is 302 g/mol. The number of carbonyl (C=O) groups excluding carboxylic acids is 1. The first kappa shape index (κ1) is 16.0. The number of primary amides is 1. The molecule has 5 nitrogen and oxygen atoms in total. The molecule has 1 aromatic rings. The number of hydrogen-bond donors (Lipinski definition) is 2. The number of benzene rings is 1. The molecule has 0 bridgehead atoms. The largest absolute Gasteiger partial charge is 0.368 e. The fourth-order valence-electron chi connectivity index (χ4n) is 1.55. The Morgan fingerprint density at radius 3 is 2.53 bits per heavy atom. The molecule has 1 atom stereocenters. The van der Waals surface area contributed by atoms with E-state index in [0.29, 0.717) is 17.7 Å². The molecule has 0 fully saturated rings. The quantitative estimate of drug-likeness (QED) is 0.740. The van der Waals surface area contributed by atoms with Crippen molar-refractivity contribution in [1.29, 1.82) is 0 Å². The minimum Gasteiger partial charge on any atom is -0.368 e. The number of amides is 1. The van der Waals surface area contributed by atoms with Gasteiger partial charge in [-0.25, -0.2) is 13.1 Å². The molecule has 3 N–H and O–H groups in total. The van der Waals surface area contributed by atoms with Crippen LogP contribution < -0.4 is 10.5 Å². The van der Waals surface area contributed by atoms with Crippen LogP contribution in [0.2, 0.25) is 0 Å². The topological polar surface area (TPSA) is 89.3 Å². The van der Waals surface area contributed by atoms with E-state index in [4.69, 9.17) is 5.73 Å². The van der Waals surface area contributed by atoms with Crippen molar-refractivity contribution in [3.05, 3.63) is 35.9 Å². The molecule has 0 aromatic heterocycles. The highest BCUT2D eigenvalue weighted by atomic mass is 32.2. The Morgan fingerprint density at radius 2 is 2.00 bits per heavy atom. The van der Waals surface area contributed by atoms with Gasteiger partial charge < -0.3 is 5.73 Å². The molecule has 0 aliphatic carbocycles. The standard InChI is InChI=1S/C12H18N2O3S2/c1-18-8-7-11(12(13)15)14-19(16,17)9-10-5-3-2-4-6-10/h2-6,11,14H,7-9H2,1H3,(H2,13,15)/t11-/m0/s1. The van der Waals surface area contributed by atoms with Gasteiger partial charge in [-0.3, -0.25) is 4.79 Å². The number of thioether (sulfide) groups is 1. The maximum Gasteiger partial charge on any atom is 0.235 e. The highest BCUT2D eigenvalue weighted by Gasteiger charge is 2.22. The first-order valence-corrected chi connectivity index (χ1v) is 8.81. The Labute approximate surface area is 118 Å². The lowest BCUT2D eigenvalue weighted by Gasteiger charge is -2.15. The van der Waals surface area contributed by atoms with Crippen molar-refractivity contribution in [1.82, 2.24) is 4.72 Å². The van der Waals surface area contributed by atoms with Crippen molar-refractivity contribution in [2.24, 2.45) is 5.73 Å². The summed E-state index contributed by atoms with van der Waals surface area (Å²) in [4.78, 5) is 11.2. The Hall–Kier alpha value is -1.05. The average Bonchev–Trinajstić information content (AvgIpc) is 2.34. The summed E-state index contributed by atoms with van der Waals surface area (Å²) in [6.45, 7) is 0. The van der Waals surface area contributed by atoms with Crippen LogP contribution in [0.5, 0.6) is 0 Å². The summed E-state index contributed by atoms with van der Waals surface area (Å²) in [7, 11) is -3.57. The maximum absolute atomic E-state index is 12.0. The van der Waals surface area contributed by atoms with Gasteiger partial charge in [-0.15, -0.1) is 0 Å². The number of nitrogens with one attached hydrogen (secondary N) is 1. The predicted molar refractivity (Wildman–Crippen MR) is 78.2 cm³/mol. The first-order chi connectivity index (χ1) is 8.94. The van der Waals surface area contributed by atoms with Crippen LogP contribution in [0.4, 0.5) is 0 Å². The second kappa shape index (κ2) is 7.52. The third-order valence-corrected chi connectivity index (χ3v) is 4.48. The molecular weight excluding hydrogens is 284 g/mol. The summed E-state index contributed by atoms with van der Waals surface area (Å²) in [6, 6.07) is 7.95. The normalized spacial score (nSPS) is 13.1. The van der Waals surface area contributed by atoms with Crippen molar-refractivity contribution >= 4 is 27.7 Å². The molecule has 19 heavy (non-hydrogen) atoms. The number of rotatable bonds is 8. The second-order valence-electron chi connectivity index (χ2n) is 4.10. The molecule has 0 unspecified atom stereocenters. The van der Waals surface area contributed by atoms with Gasteiger partial charge in [-0.05, 0) is 24.0 Å². The van der Waals surface area contributed by atoms with Gasteiger partial charge in [-0.2, -0.15) is 11.8 Å². The van der Waals surface area contributed by atoms with E-state index in [-0.39, 0.29) is 5.75 Å². The van der Waals surface area contributed by atoms with Crippen LogP contribution in [0.25, 0.3) is 0 Å². The van der Waals surface area contributed by atoms with Gasteiger partial charge in [0.25, 0.3) is 0 Å². The summed E-state index contributed by atoms with van der Waals surface area (Å²) in [5, 5.41) is 0. The molecule has 0 aliphatic rings. The van der Waals surface area contributed by atoms with E-state index in [2.05, 4.69) is 4.72 Å². The predicted octanol–water partition coefficient (Wildman–Crippen LogP) is 0.713. The molecule has 1 rings (SSSR count). The Kier molecular flexibility index (Phi) is 6.33. The van der Waals surface area contributed by atoms with E-state index in [0.717, 1.165) is 0 Å². The van der Waals surface area contributed by atoms with Crippen LogP contribution in [-0.2, 0) is 20.6 Å². The molecule has 0 spiro atoms. The highest BCUT2D eigenvalue weighted by molar-refractivity contribution is 7.98. The van der Waals surface area contributed by atoms with E-state index in [1.54, 1.807) is 24.3 Å². The molecule has 0 saturated heterocycles. The third kappa shape index (κ3) is 6.09. The van der Waals surface area contributed by atoms with E-state index < -0.39 is 22.0 Å². The van der Waals surface area contributed by atoms with Crippen LogP contribution in [0.1, 0.15) is 12.0 Å². The molecule has 106 valence electrons. The Balaban J connectivity index is 2.69. The lowest BCUT2D eigenvalue weighted by Crippen LogP contribution is -2.45. The van der Waals surface area contributed by atoms with Crippen molar-refractivity contribution in [2.45, 2.75) is 18.2 Å². The van der Waals surface area contributed by atoms with Crippen molar-refractivity contribution in [3.8, 4) is 0 Å². The summed E-state index contributed by atoms with van der Waals surface area (Å²) in [6.07, 6.45) is 2.28. The number of sulfonamides is 1. The molecule has 0 saturated carbocycles. The number of nitrogens with two attached hydrogens (primary N) is 1. The van der Waals surface area contributed by atoms with Gasteiger partial charge in [0.05, 0.1) is 5.75 Å². The molecule has 1 aromatic carbocycles. The van der Waals surface area contributed by atoms with Crippen molar-refractivity contribution in [2.75, 3.05) is 12.0 Å². The Bertz CT molecular complexity index is 503. The molecule has 0 aliphatic heterocycles. The van der Waals surface area contributed by atoms with E-state index in [1.165, 1.54) is 11.8 Å². The summed E-state index contributed by atoms with van der Waals surface area (Å²) in [5.74, 6) is -0.135. The lowest BCUT2D eigenvalue weighted by atomic mass is 10.2. The smallest absolute Gasteiger partial charge is 0.235 e. The van der Waals surface area contributed by atoms with Crippen molar-refractivity contribution < 1.29 is 13.2 Å². The minimum absolute atomic E-state index is 0.156. The van der Waals surface area contributed by atoms with E-state index >= 15 is 0 Å². The number of carbonyl (C=O) groups is 1. The SMILES string of the molecule is CSCC[C@H](NS(=O)(=O)Cc1ccccc1)C(N)=O. The zero-order chi connectivity index (χ0) is 14.3. The first-order valence-electron chi connectivity index (χ1n) is 5.77. The van der Waals surface area contributed by atoms with Gasteiger partial charge in [-0.1, -0.05) is 30.3 Å². The van der Waals surface area contributed by atoms with Crippen LogP contribution in [0.3, 0.4) is 0 Å². The molecule has 0 radical (unpaired) electrons. The van der Waals surface area contributed by atoms with Crippen LogP contribution >= 0.6 is 11.8 Å². The zero-order valence-electron chi connectivity index (χ0n) is 10.7. The highest BCUT2D eigenvalue weighted by Crippen LogP contribution is 2.07. The van der Waals surface area contributed by atoms with Crippen molar-refractivity contribution in [3.63, 3.8) is 0 Å². The maximum atomic E-state index is 12.0. The lowest BCUT2D eigenvalue weighted by molar-refractivity contribution is -0.119. The van der Waals surface area contributed by atoms with Gasteiger partial charge >= 0.3 is 0 Å². The van der Waals surface area contributed by atoms with Crippen LogP contribution in [0, 0.1) is 0 Å². The molecule has 1 amide bonds. The number of hydrogen-bond acceptors (Lipinski definition) is 4. The second-order valence-corrected chi connectivity index (χ2v) is 6.84. The molecular formula is C12H18N2O3S2. The van der Waals surface area contributed by atoms with Gasteiger partial charge in [0.1, 0.15) is 6.04 Å². The van der Waals surface area contributed by atoms with E-state index in [9.17, 15) is 13.2 Å². The van der Waals surface area contributed by atoms with Crippen LogP contribution in [-0.4, -0.2) is 32.4 Å². The fourth-order valence-corrected chi connectivity index (χ4v) is 3.40. The average molecular weight is 302 g/mol. The third-order valence-electron chi connectivity index (χ3n) is 2.48. The summed E-state index contributed by atoms with van der Waals surface area (Å²) in [5.41, 5.74) is 5.87. The summed E-state index contributed by atoms with van der Waals surface area (Å²) >= 11 is 1.53. The van der Waals surface area contributed by atoms with Gasteiger partial charge in [0.15, 0.2) is 0 Å². The van der Waals surface area contributed by atoms with Gasteiger partial charge in [0, 0.05) is 0 Å². The van der Waals surface area contributed by atoms with E-state index in [1.807, 2.05) is 12.3 Å². The molecule has 7 heteroatoms. The minimum atomic E-state index is -3.57. The summed E-state index contributed by atoms with van der Waals surface area (Å²) < 4.78 is 26.3. The fraction of sp³-hybridized carbons (Fsp3) is 0.417. The van der Waals surface area contributed by atoms with Gasteiger partial charge in [0.2, 0.25) is 15.9 Å².